The Bertz CT molecular complexity index is 2090. The molecule has 2 fully saturated rings. The van der Waals surface area contributed by atoms with Gasteiger partial charge in [0.25, 0.3) is 6.43 Å². The van der Waals surface area contributed by atoms with Crippen molar-refractivity contribution < 1.29 is 33.0 Å². The van der Waals surface area contributed by atoms with Crippen molar-refractivity contribution in [2.75, 3.05) is 49.1 Å². The van der Waals surface area contributed by atoms with Gasteiger partial charge in [-0.25, -0.2) is 28.3 Å². The molecule has 0 unspecified atom stereocenters. The second-order valence-corrected chi connectivity index (χ2v) is 14.8. The zero-order chi connectivity index (χ0) is 38.4. The zero-order valence-electron chi connectivity index (χ0n) is 30.9. The van der Waals surface area contributed by atoms with Crippen LogP contribution in [0.4, 0.5) is 31.0 Å². The van der Waals surface area contributed by atoms with Crippen LogP contribution in [0.1, 0.15) is 84.2 Å². The molecule has 2 saturated heterocycles. The maximum atomic E-state index is 14.6. The van der Waals surface area contributed by atoms with Crippen LogP contribution in [0.25, 0.3) is 11.1 Å². The number of halogens is 2. The SMILES string of the molecule is CC(=O)N1CCc2c(c(N3CCCc4cc(-c5cnn(C)c5)c(C(F)F)cc43)nn2C2CCN(C(=O)OC3CCN(c4ncc(C(=O)O)cn4)CC3)CC2)C1. The van der Waals surface area contributed by atoms with E-state index in [1.165, 1.54) is 12.4 Å². The molecule has 0 atom stereocenters. The van der Waals surface area contributed by atoms with Gasteiger partial charge >= 0.3 is 12.1 Å². The highest BCUT2D eigenvalue weighted by atomic mass is 19.3. The Hall–Kier alpha value is -5.61. The quantitative estimate of drug-likeness (QED) is 0.267. The number of nitrogens with zero attached hydrogens (tertiary/aromatic N) is 10. The number of carbonyl (C=O) groups excluding carboxylic acids is 2. The minimum absolute atomic E-state index is 0.0139. The van der Waals surface area contributed by atoms with Crippen molar-refractivity contribution in [2.45, 2.75) is 77.0 Å². The number of rotatable bonds is 7. The number of aromatic nitrogens is 6. The number of fused-ring (bicyclic) bond motifs is 2. The average Bonchev–Trinajstić information content (AvgIpc) is 3.80. The second-order valence-electron chi connectivity index (χ2n) is 14.8. The third kappa shape index (κ3) is 7.18. The van der Waals surface area contributed by atoms with Crippen LogP contribution in [0, 0.1) is 0 Å². The zero-order valence-corrected chi connectivity index (χ0v) is 30.9. The number of carboxylic acids is 1. The van der Waals surface area contributed by atoms with Gasteiger partial charge in [-0.05, 0) is 48.9 Å². The van der Waals surface area contributed by atoms with Crippen LogP contribution in [-0.2, 0) is 36.0 Å². The number of anilines is 3. The molecule has 3 aromatic heterocycles. The van der Waals surface area contributed by atoms with E-state index in [9.17, 15) is 23.2 Å². The van der Waals surface area contributed by atoms with Gasteiger partial charge < -0.3 is 29.4 Å². The highest BCUT2D eigenvalue weighted by Crippen LogP contribution is 2.43. The van der Waals surface area contributed by atoms with Crippen LogP contribution in [-0.4, -0.2) is 108 Å². The number of amides is 2. The molecule has 1 N–H and O–H groups in total. The van der Waals surface area contributed by atoms with Gasteiger partial charge in [0.05, 0.1) is 24.3 Å². The minimum Gasteiger partial charge on any atom is -0.478 e. The van der Waals surface area contributed by atoms with Gasteiger partial charge in [-0.1, -0.05) is 0 Å². The lowest BCUT2D eigenvalue weighted by atomic mass is 9.92. The minimum atomic E-state index is -2.69. The molecule has 7 heterocycles. The summed E-state index contributed by atoms with van der Waals surface area (Å²) in [6.45, 7) is 5.29. The highest BCUT2D eigenvalue weighted by Gasteiger charge is 2.36. The van der Waals surface area contributed by atoms with Gasteiger partial charge in [0, 0.05) is 119 Å². The molecule has 1 aromatic carbocycles. The van der Waals surface area contributed by atoms with Crippen LogP contribution >= 0.6 is 0 Å². The largest absolute Gasteiger partial charge is 0.478 e. The second kappa shape index (κ2) is 14.9. The number of piperidine rings is 2. The lowest BCUT2D eigenvalue weighted by Crippen LogP contribution is -2.44. The van der Waals surface area contributed by atoms with Gasteiger partial charge in [0.1, 0.15) is 6.10 Å². The number of aromatic carboxylic acids is 1. The van der Waals surface area contributed by atoms with E-state index in [4.69, 9.17) is 14.9 Å². The highest BCUT2D eigenvalue weighted by molar-refractivity contribution is 5.86. The lowest BCUT2D eigenvalue weighted by molar-refractivity contribution is -0.129. The van der Waals surface area contributed by atoms with Crippen molar-refractivity contribution in [3.8, 4) is 11.1 Å². The number of hydrogen-bond acceptors (Lipinski definition) is 10. The Morgan fingerprint density at radius 3 is 2.33 bits per heavy atom. The molecule has 17 heteroatoms. The fourth-order valence-electron chi connectivity index (χ4n) is 8.35. The summed E-state index contributed by atoms with van der Waals surface area (Å²) in [5.74, 6) is 0.0492. The van der Waals surface area contributed by atoms with Gasteiger partial charge in [-0.15, -0.1) is 0 Å². The number of aryl methyl sites for hydroxylation is 2. The predicted octanol–water partition coefficient (Wildman–Crippen LogP) is 5.14. The fraction of sp³-hybridized carbons (Fsp3) is 0.500. The van der Waals surface area contributed by atoms with Crippen LogP contribution in [0.2, 0.25) is 0 Å². The topological polar surface area (TPSA) is 155 Å². The Morgan fingerprint density at radius 1 is 0.927 bits per heavy atom. The van der Waals surface area contributed by atoms with Crippen molar-refractivity contribution in [1.29, 1.82) is 0 Å². The van der Waals surface area contributed by atoms with E-state index in [0.717, 1.165) is 29.7 Å². The van der Waals surface area contributed by atoms with Gasteiger partial charge in [0.2, 0.25) is 11.9 Å². The van der Waals surface area contributed by atoms with E-state index in [1.54, 1.807) is 42.0 Å². The molecule has 2 amide bonds. The molecule has 15 nitrogen and oxygen atoms in total. The van der Waals surface area contributed by atoms with Crippen LogP contribution < -0.4 is 9.80 Å². The summed E-state index contributed by atoms with van der Waals surface area (Å²) in [5, 5.41) is 18.5. The Kier molecular flexibility index (Phi) is 9.86. The number of carboxylic acid groups (broad SMARTS) is 1. The molecule has 0 radical (unpaired) electrons. The maximum absolute atomic E-state index is 14.6. The molecule has 290 valence electrons. The van der Waals surface area contributed by atoms with Crippen molar-refractivity contribution in [1.82, 2.24) is 39.3 Å². The third-order valence-electron chi connectivity index (χ3n) is 11.3. The Morgan fingerprint density at radius 2 is 1.67 bits per heavy atom. The molecule has 0 bridgehead atoms. The third-order valence-corrected chi connectivity index (χ3v) is 11.3. The summed E-state index contributed by atoms with van der Waals surface area (Å²) in [4.78, 5) is 52.9. The first kappa shape index (κ1) is 36.4. The molecule has 0 aliphatic carbocycles. The number of alkyl halides is 2. The van der Waals surface area contributed by atoms with Crippen molar-refractivity contribution in [3.05, 3.63) is 64.9 Å². The molecular formula is C38H44F2N10O5. The van der Waals surface area contributed by atoms with E-state index >= 15 is 0 Å². The lowest BCUT2D eigenvalue weighted by Gasteiger charge is -2.35. The van der Waals surface area contributed by atoms with Crippen LogP contribution in [0.15, 0.2) is 36.9 Å². The van der Waals surface area contributed by atoms with E-state index in [2.05, 4.69) is 24.6 Å². The Labute approximate surface area is 316 Å². The number of ether oxygens (including phenoxy) is 1. The van der Waals surface area contributed by atoms with Crippen molar-refractivity contribution in [3.63, 3.8) is 0 Å². The summed E-state index contributed by atoms with van der Waals surface area (Å²) in [7, 11) is 1.77. The summed E-state index contributed by atoms with van der Waals surface area (Å²) in [6.07, 6.45) is 7.40. The van der Waals surface area contributed by atoms with Crippen molar-refractivity contribution >= 4 is 35.4 Å². The van der Waals surface area contributed by atoms with Crippen molar-refractivity contribution in [2.24, 2.45) is 7.05 Å². The smallest absolute Gasteiger partial charge is 0.410 e. The van der Waals surface area contributed by atoms with Gasteiger partial charge in [-0.3, -0.25) is 14.2 Å². The molecular weight excluding hydrogens is 714 g/mol. The molecule has 0 saturated carbocycles. The summed E-state index contributed by atoms with van der Waals surface area (Å²) < 4.78 is 38.9. The first-order valence-electron chi connectivity index (χ1n) is 18.9. The van der Waals surface area contributed by atoms with E-state index in [1.807, 2.05) is 15.9 Å². The van der Waals surface area contributed by atoms with E-state index in [-0.39, 0.29) is 35.3 Å². The first-order valence-corrected chi connectivity index (χ1v) is 18.9. The molecule has 8 rings (SSSR count). The molecule has 4 aliphatic heterocycles. The molecule has 4 aromatic rings. The van der Waals surface area contributed by atoms with Gasteiger partial charge in [-0.2, -0.15) is 10.2 Å². The van der Waals surface area contributed by atoms with Gasteiger partial charge in [0.15, 0.2) is 5.82 Å². The summed E-state index contributed by atoms with van der Waals surface area (Å²) >= 11 is 0. The summed E-state index contributed by atoms with van der Waals surface area (Å²) in [5.41, 5.74) is 4.78. The Balaban J connectivity index is 0.974. The predicted molar refractivity (Wildman–Crippen MR) is 197 cm³/mol. The number of carbonyl (C=O) groups is 3. The van der Waals surface area contributed by atoms with E-state index < -0.39 is 12.4 Å². The number of benzene rings is 1. The molecule has 0 spiro atoms. The standard InChI is InChI=1S/C38H44F2N10O5/c1-23(51)48-15-9-32-31(22-48)35(49-10-3-4-24-16-29(26-20-43-45(2)21-26)30(34(39)40)17-33(24)49)44-50(32)27-5-11-47(12-6-27)38(54)55-28-7-13-46(14-8-28)37-41-18-25(19-42-37)36(52)53/h16-21,27-28,34H,3-15,22H2,1-2H3,(H,52,53). The fourth-order valence-corrected chi connectivity index (χ4v) is 8.35. The van der Waals surface area contributed by atoms with Crippen LogP contribution in [0.5, 0.6) is 0 Å². The average molecular weight is 759 g/mol. The molecule has 55 heavy (non-hydrogen) atoms. The first-order chi connectivity index (χ1) is 26.5. The molecule has 4 aliphatic rings. The number of hydrogen-bond donors (Lipinski definition) is 1. The number of likely N-dealkylation sites (tertiary alicyclic amines) is 1. The summed E-state index contributed by atoms with van der Waals surface area (Å²) in [6, 6.07) is 3.50. The van der Waals surface area contributed by atoms with E-state index in [0.29, 0.717) is 106 Å². The normalized spacial score (nSPS) is 18.1. The monoisotopic (exact) mass is 758 g/mol. The van der Waals surface area contributed by atoms with Crippen LogP contribution in [0.3, 0.4) is 0 Å². The maximum Gasteiger partial charge on any atom is 0.410 e.